The monoisotopic (exact) mass is 365 g/mol. The van der Waals surface area contributed by atoms with Crippen molar-refractivity contribution >= 4 is 17.3 Å². The fourth-order valence-electron chi connectivity index (χ4n) is 2.67. The van der Waals surface area contributed by atoms with Gasteiger partial charge in [0.25, 0.3) is 5.91 Å². The highest BCUT2D eigenvalue weighted by molar-refractivity contribution is 5.94. The van der Waals surface area contributed by atoms with E-state index in [9.17, 15) is 9.18 Å². The van der Waals surface area contributed by atoms with Crippen LogP contribution in [0.4, 0.5) is 15.8 Å². The van der Waals surface area contributed by atoms with Crippen LogP contribution in [0.3, 0.4) is 0 Å². The lowest BCUT2D eigenvalue weighted by atomic mass is 10.1. The van der Waals surface area contributed by atoms with Crippen LogP contribution in [0, 0.1) is 5.82 Å². The number of ether oxygens (including phenoxy) is 1. The zero-order valence-corrected chi connectivity index (χ0v) is 14.9. The van der Waals surface area contributed by atoms with Crippen LogP contribution >= 0.6 is 0 Å². The highest BCUT2D eigenvalue weighted by Gasteiger charge is 2.09. The maximum absolute atomic E-state index is 13.8. The Morgan fingerprint density at radius 3 is 2.70 bits per heavy atom. The lowest BCUT2D eigenvalue weighted by molar-refractivity contribution is 0.0953. The maximum Gasteiger partial charge on any atom is 0.252 e. The molecular formula is C21H20FN3O2. The van der Waals surface area contributed by atoms with Gasteiger partial charge in [0.1, 0.15) is 11.6 Å². The molecule has 0 aliphatic carbocycles. The molecule has 5 nitrogen and oxygen atoms in total. The third-order valence-electron chi connectivity index (χ3n) is 4.03. The maximum atomic E-state index is 13.8. The molecule has 3 rings (SSSR count). The van der Waals surface area contributed by atoms with Gasteiger partial charge < -0.3 is 15.4 Å². The van der Waals surface area contributed by atoms with E-state index in [0.717, 1.165) is 11.3 Å². The molecule has 0 unspecified atom stereocenters. The number of pyridine rings is 1. The number of carbonyl (C=O) groups is 1. The summed E-state index contributed by atoms with van der Waals surface area (Å²) in [5, 5.41) is 5.80. The molecule has 1 aromatic heterocycles. The number of anilines is 2. The van der Waals surface area contributed by atoms with E-state index >= 15 is 0 Å². The Bertz CT molecular complexity index is 931. The summed E-state index contributed by atoms with van der Waals surface area (Å²) in [6.45, 7) is 0.462. The van der Waals surface area contributed by atoms with E-state index < -0.39 is 0 Å². The molecule has 0 aliphatic heterocycles. The van der Waals surface area contributed by atoms with Crippen molar-refractivity contribution in [2.24, 2.45) is 0 Å². The molecule has 0 aliphatic rings. The van der Waals surface area contributed by atoms with E-state index in [0.29, 0.717) is 29.9 Å². The minimum absolute atomic E-state index is 0.241. The summed E-state index contributed by atoms with van der Waals surface area (Å²) < 4.78 is 19.1. The summed E-state index contributed by atoms with van der Waals surface area (Å²) in [5.41, 5.74) is 2.29. The molecule has 2 N–H and O–H groups in total. The SMILES string of the molecule is COc1ccccc1CCNC(=O)c1cncc(Nc2ccccc2F)c1. The van der Waals surface area contributed by atoms with Crippen LogP contribution in [0.2, 0.25) is 0 Å². The quantitative estimate of drug-likeness (QED) is 0.666. The molecule has 0 atom stereocenters. The van der Waals surface area contributed by atoms with E-state index in [-0.39, 0.29) is 11.7 Å². The largest absolute Gasteiger partial charge is 0.496 e. The van der Waals surface area contributed by atoms with Gasteiger partial charge >= 0.3 is 0 Å². The first kappa shape index (κ1) is 18.4. The molecule has 0 radical (unpaired) electrons. The molecule has 1 amide bonds. The van der Waals surface area contributed by atoms with Gasteiger partial charge in [-0.15, -0.1) is 0 Å². The Balaban J connectivity index is 1.61. The third-order valence-corrected chi connectivity index (χ3v) is 4.03. The predicted octanol–water partition coefficient (Wildman–Crippen LogP) is 3.95. The second-order valence-corrected chi connectivity index (χ2v) is 5.88. The number of nitrogens with one attached hydrogen (secondary N) is 2. The van der Waals surface area contributed by atoms with E-state index in [2.05, 4.69) is 15.6 Å². The van der Waals surface area contributed by atoms with Crippen LogP contribution in [0.15, 0.2) is 67.0 Å². The molecule has 0 saturated heterocycles. The molecule has 6 heteroatoms. The number of carbonyl (C=O) groups excluding carboxylic acids is 1. The molecule has 0 fully saturated rings. The standard InChI is InChI=1S/C21H20FN3O2/c1-27-20-9-5-2-6-15(20)10-11-24-21(26)16-12-17(14-23-13-16)25-19-8-4-3-7-18(19)22/h2-9,12-14,25H,10-11H2,1H3,(H,24,26). The Labute approximate surface area is 157 Å². The van der Waals surface area contributed by atoms with E-state index in [1.165, 1.54) is 18.5 Å². The predicted molar refractivity (Wildman–Crippen MR) is 103 cm³/mol. The van der Waals surface area contributed by atoms with Crippen LogP contribution in [0.25, 0.3) is 0 Å². The number of nitrogens with zero attached hydrogens (tertiary/aromatic N) is 1. The lowest BCUT2D eigenvalue weighted by Crippen LogP contribution is -2.26. The molecule has 1 heterocycles. The highest BCUT2D eigenvalue weighted by Crippen LogP contribution is 2.20. The number of methoxy groups -OCH3 is 1. The number of amides is 1. The van der Waals surface area contributed by atoms with Crippen molar-refractivity contribution < 1.29 is 13.9 Å². The van der Waals surface area contributed by atoms with Gasteiger partial charge in [-0.25, -0.2) is 4.39 Å². The molecule has 0 spiro atoms. The number of hydrogen-bond acceptors (Lipinski definition) is 4. The number of rotatable bonds is 7. The number of hydrogen-bond donors (Lipinski definition) is 2. The van der Waals surface area contributed by atoms with Crippen molar-refractivity contribution in [3.63, 3.8) is 0 Å². The molecule has 0 saturated carbocycles. The van der Waals surface area contributed by atoms with Gasteiger partial charge in [-0.1, -0.05) is 30.3 Å². The van der Waals surface area contributed by atoms with Gasteiger partial charge in [-0.05, 0) is 36.2 Å². The third kappa shape index (κ3) is 4.82. The second-order valence-electron chi connectivity index (χ2n) is 5.88. The van der Waals surface area contributed by atoms with Crippen molar-refractivity contribution in [2.45, 2.75) is 6.42 Å². The topological polar surface area (TPSA) is 63.2 Å². The number of para-hydroxylation sites is 2. The van der Waals surface area contributed by atoms with Crippen LogP contribution in [0.5, 0.6) is 5.75 Å². The minimum Gasteiger partial charge on any atom is -0.496 e. The Kier molecular flexibility index (Phi) is 5.99. The fraction of sp³-hybridized carbons (Fsp3) is 0.143. The van der Waals surface area contributed by atoms with Crippen LogP contribution < -0.4 is 15.4 Å². The van der Waals surface area contributed by atoms with Gasteiger partial charge in [0, 0.05) is 12.7 Å². The van der Waals surface area contributed by atoms with Gasteiger partial charge in [-0.2, -0.15) is 0 Å². The average Bonchev–Trinajstić information content (AvgIpc) is 2.70. The molecule has 2 aromatic carbocycles. The Morgan fingerprint density at radius 1 is 1.11 bits per heavy atom. The Hall–Kier alpha value is -3.41. The zero-order chi connectivity index (χ0) is 19.1. The highest BCUT2D eigenvalue weighted by atomic mass is 19.1. The first-order valence-corrected chi connectivity index (χ1v) is 8.54. The first-order chi connectivity index (χ1) is 13.2. The molecule has 138 valence electrons. The van der Waals surface area contributed by atoms with Gasteiger partial charge in [0.15, 0.2) is 0 Å². The van der Waals surface area contributed by atoms with E-state index in [4.69, 9.17) is 4.74 Å². The first-order valence-electron chi connectivity index (χ1n) is 8.54. The minimum atomic E-state index is -0.371. The summed E-state index contributed by atoms with van der Waals surface area (Å²) in [5.74, 6) is 0.184. The van der Waals surface area contributed by atoms with Crippen LogP contribution in [-0.2, 0) is 6.42 Å². The molecule has 27 heavy (non-hydrogen) atoms. The number of aromatic nitrogens is 1. The molecular weight excluding hydrogens is 345 g/mol. The smallest absolute Gasteiger partial charge is 0.252 e. The van der Waals surface area contributed by atoms with Crippen molar-refractivity contribution in [2.75, 3.05) is 19.0 Å². The Morgan fingerprint density at radius 2 is 1.89 bits per heavy atom. The van der Waals surface area contributed by atoms with Crippen molar-refractivity contribution in [1.29, 1.82) is 0 Å². The second kappa shape index (κ2) is 8.80. The summed E-state index contributed by atoms with van der Waals surface area (Å²) >= 11 is 0. The molecule has 0 bridgehead atoms. The van der Waals surface area contributed by atoms with E-state index in [1.54, 1.807) is 31.4 Å². The molecule has 3 aromatic rings. The van der Waals surface area contributed by atoms with Gasteiger partial charge in [-0.3, -0.25) is 9.78 Å². The number of benzene rings is 2. The van der Waals surface area contributed by atoms with Crippen molar-refractivity contribution in [3.05, 3.63) is 83.9 Å². The summed E-state index contributed by atoms with van der Waals surface area (Å²) in [7, 11) is 1.62. The van der Waals surface area contributed by atoms with Crippen molar-refractivity contribution in [3.8, 4) is 5.75 Å². The summed E-state index contributed by atoms with van der Waals surface area (Å²) in [6, 6.07) is 15.7. The zero-order valence-electron chi connectivity index (χ0n) is 14.9. The fourth-order valence-corrected chi connectivity index (χ4v) is 2.67. The normalized spacial score (nSPS) is 10.3. The number of halogens is 1. The van der Waals surface area contributed by atoms with Gasteiger partial charge in [0.2, 0.25) is 0 Å². The summed E-state index contributed by atoms with van der Waals surface area (Å²) in [4.78, 5) is 16.4. The van der Waals surface area contributed by atoms with Gasteiger partial charge in [0.05, 0.1) is 30.2 Å². The van der Waals surface area contributed by atoms with Crippen LogP contribution in [-0.4, -0.2) is 24.5 Å². The average molecular weight is 365 g/mol. The lowest BCUT2D eigenvalue weighted by Gasteiger charge is -2.10. The van der Waals surface area contributed by atoms with Crippen LogP contribution in [0.1, 0.15) is 15.9 Å². The van der Waals surface area contributed by atoms with E-state index in [1.807, 2.05) is 24.3 Å². The summed E-state index contributed by atoms with van der Waals surface area (Å²) in [6.07, 6.45) is 3.67. The van der Waals surface area contributed by atoms with Crippen molar-refractivity contribution in [1.82, 2.24) is 10.3 Å².